The molecular formula is C11H18F3N3O. The van der Waals surface area contributed by atoms with Gasteiger partial charge in [-0.25, -0.2) is 0 Å². The molecule has 1 heterocycles. The van der Waals surface area contributed by atoms with Crippen LogP contribution in [0.2, 0.25) is 0 Å². The summed E-state index contributed by atoms with van der Waals surface area (Å²) in [7, 11) is 0. The van der Waals surface area contributed by atoms with E-state index in [0.29, 0.717) is 6.42 Å². The lowest BCUT2D eigenvalue weighted by Gasteiger charge is -2.14. The summed E-state index contributed by atoms with van der Waals surface area (Å²) in [6.45, 7) is 1.52. The Morgan fingerprint density at radius 1 is 1.50 bits per heavy atom. The Bertz CT molecular complexity index is 352. The van der Waals surface area contributed by atoms with Crippen molar-refractivity contribution in [1.82, 2.24) is 9.78 Å². The van der Waals surface area contributed by atoms with E-state index in [-0.39, 0.29) is 12.6 Å². The molecule has 2 N–H and O–H groups in total. The average molecular weight is 265 g/mol. The summed E-state index contributed by atoms with van der Waals surface area (Å²) in [5, 5.41) is 4.11. The van der Waals surface area contributed by atoms with Gasteiger partial charge < -0.3 is 10.5 Å². The van der Waals surface area contributed by atoms with Crippen LogP contribution in [0.1, 0.15) is 31.5 Å². The van der Waals surface area contributed by atoms with Crippen molar-refractivity contribution < 1.29 is 17.9 Å². The number of nitrogens with two attached hydrogens (primary N) is 1. The lowest BCUT2D eigenvalue weighted by molar-refractivity contribution is -0.174. The molecule has 1 atom stereocenters. The number of alkyl halides is 3. The van der Waals surface area contributed by atoms with Crippen molar-refractivity contribution in [2.75, 3.05) is 13.2 Å². The van der Waals surface area contributed by atoms with E-state index in [2.05, 4.69) is 9.84 Å². The van der Waals surface area contributed by atoms with Crippen molar-refractivity contribution >= 4 is 0 Å². The lowest BCUT2D eigenvalue weighted by Crippen LogP contribution is -2.21. The van der Waals surface area contributed by atoms with Crippen LogP contribution in [0.25, 0.3) is 0 Å². The third-order valence-electron chi connectivity index (χ3n) is 2.40. The zero-order valence-electron chi connectivity index (χ0n) is 10.3. The van der Waals surface area contributed by atoms with Gasteiger partial charge in [-0.05, 0) is 18.9 Å². The van der Waals surface area contributed by atoms with E-state index in [9.17, 15) is 13.2 Å². The van der Waals surface area contributed by atoms with Gasteiger partial charge in [-0.1, -0.05) is 6.92 Å². The maximum absolute atomic E-state index is 11.8. The standard InChI is InChI=1S/C11H18F3N3O/c1-2-6-17-10(3-5-16-17)9(15)4-7-18-8-11(12,13)14/h3,5,9H,2,4,6-8,15H2,1H3. The summed E-state index contributed by atoms with van der Waals surface area (Å²) in [4.78, 5) is 0. The molecule has 0 aliphatic carbocycles. The second kappa shape index (κ2) is 6.75. The molecule has 104 valence electrons. The maximum Gasteiger partial charge on any atom is 0.411 e. The fraction of sp³-hybridized carbons (Fsp3) is 0.727. The normalized spacial score (nSPS) is 13.8. The molecule has 1 rings (SSSR count). The van der Waals surface area contributed by atoms with Crippen molar-refractivity contribution in [2.24, 2.45) is 5.73 Å². The van der Waals surface area contributed by atoms with E-state index in [1.807, 2.05) is 6.92 Å². The maximum atomic E-state index is 11.8. The van der Waals surface area contributed by atoms with Crippen molar-refractivity contribution in [3.8, 4) is 0 Å². The smallest absolute Gasteiger partial charge is 0.372 e. The molecule has 4 nitrogen and oxygen atoms in total. The molecule has 0 saturated carbocycles. The first-order chi connectivity index (χ1) is 8.44. The van der Waals surface area contributed by atoms with Gasteiger partial charge in [-0.3, -0.25) is 4.68 Å². The van der Waals surface area contributed by atoms with Crippen LogP contribution in [0.5, 0.6) is 0 Å². The molecule has 1 aromatic heterocycles. The highest BCUT2D eigenvalue weighted by atomic mass is 19.4. The second-order valence-electron chi connectivity index (χ2n) is 4.04. The van der Waals surface area contributed by atoms with Gasteiger partial charge in [0.15, 0.2) is 0 Å². The minimum atomic E-state index is -4.28. The fourth-order valence-corrected chi connectivity index (χ4v) is 1.60. The molecule has 0 radical (unpaired) electrons. The van der Waals surface area contributed by atoms with E-state index >= 15 is 0 Å². The first-order valence-corrected chi connectivity index (χ1v) is 5.86. The molecule has 0 aliphatic heterocycles. The Morgan fingerprint density at radius 3 is 2.83 bits per heavy atom. The third kappa shape index (κ3) is 5.05. The minimum Gasteiger partial charge on any atom is -0.372 e. The molecule has 7 heteroatoms. The van der Waals surface area contributed by atoms with Crippen molar-refractivity contribution in [2.45, 2.75) is 38.5 Å². The number of aromatic nitrogens is 2. The quantitative estimate of drug-likeness (QED) is 0.769. The molecule has 0 aromatic carbocycles. The van der Waals surface area contributed by atoms with E-state index in [1.54, 1.807) is 16.9 Å². The molecule has 0 amide bonds. The van der Waals surface area contributed by atoms with E-state index in [1.165, 1.54) is 0 Å². The first kappa shape index (κ1) is 15.0. The Hall–Kier alpha value is -1.08. The van der Waals surface area contributed by atoms with Crippen LogP contribution in [0.15, 0.2) is 12.3 Å². The summed E-state index contributed by atoms with van der Waals surface area (Å²) in [5.74, 6) is 0. The summed E-state index contributed by atoms with van der Waals surface area (Å²) in [6, 6.07) is 1.43. The Labute approximate surface area is 104 Å². The SMILES string of the molecule is CCCn1nccc1C(N)CCOCC(F)(F)F. The van der Waals surface area contributed by atoms with E-state index in [4.69, 9.17) is 5.73 Å². The summed E-state index contributed by atoms with van der Waals surface area (Å²) >= 11 is 0. The predicted molar refractivity (Wildman–Crippen MR) is 60.9 cm³/mol. The monoisotopic (exact) mass is 265 g/mol. The van der Waals surface area contributed by atoms with Gasteiger partial charge in [0.1, 0.15) is 6.61 Å². The van der Waals surface area contributed by atoms with Crippen molar-refractivity contribution in [1.29, 1.82) is 0 Å². The van der Waals surface area contributed by atoms with Gasteiger partial charge in [0.2, 0.25) is 0 Å². The van der Waals surface area contributed by atoms with Crippen LogP contribution in [0.3, 0.4) is 0 Å². The van der Waals surface area contributed by atoms with Crippen LogP contribution in [0.4, 0.5) is 13.2 Å². The number of nitrogens with zero attached hydrogens (tertiary/aromatic N) is 2. The average Bonchev–Trinajstić information content (AvgIpc) is 2.71. The first-order valence-electron chi connectivity index (χ1n) is 5.86. The zero-order chi connectivity index (χ0) is 13.6. The van der Waals surface area contributed by atoms with E-state index < -0.39 is 12.8 Å². The van der Waals surface area contributed by atoms with E-state index in [0.717, 1.165) is 18.7 Å². The van der Waals surface area contributed by atoms with Gasteiger partial charge in [-0.2, -0.15) is 18.3 Å². The Kier molecular flexibility index (Phi) is 5.61. The molecule has 1 aromatic rings. The highest BCUT2D eigenvalue weighted by Gasteiger charge is 2.27. The van der Waals surface area contributed by atoms with Gasteiger partial charge in [0.25, 0.3) is 0 Å². The fourth-order valence-electron chi connectivity index (χ4n) is 1.60. The molecule has 0 saturated heterocycles. The highest BCUT2D eigenvalue weighted by molar-refractivity contribution is 5.06. The van der Waals surface area contributed by atoms with Crippen LogP contribution in [0, 0.1) is 0 Å². The topological polar surface area (TPSA) is 53.1 Å². The third-order valence-corrected chi connectivity index (χ3v) is 2.40. The van der Waals surface area contributed by atoms with Gasteiger partial charge >= 0.3 is 6.18 Å². The molecule has 0 spiro atoms. The van der Waals surface area contributed by atoms with Crippen molar-refractivity contribution in [3.05, 3.63) is 18.0 Å². The Morgan fingerprint density at radius 2 is 2.22 bits per heavy atom. The highest BCUT2D eigenvalue weighted by Crippen LogP contribution is 2.17. The molecule has 1 unspecified atom stereocenters. The van der Waals surface area contributed by atoms with Crippen molar-refractivity contribution in [3.63, 3.8) is 0 Å². The van der Waals surface area contributed by atoms with Crippen LogP contribution in [-0.2, 0) is 11.3 Å². The molecule has 0 bridgehead atoms. The summed E-state index contributed by atoms with van der Waals surface area (Å²) < 4.78 is 41.8. The molecule has 18 heavy (non-hydrogen) atoms. The lowest BCUT2D eigenvalue weighted by atomic mass is 10.1. The summed E-state index contributed by atoms with van der Waals surface area (Å²) in [5.41, 5.74) is 6.72. The molecule has 0 aliphatic rings. The van der Waals surface area contributed by atoms with Crippen LogP contribution >= 0.6 is 0 Å². The van der Waals surface area contributed by atoms with Gasteiger partial charge in [-0.15, -0.1) is 0 Å². The largest absolute Gasteiger partial charge is 0.411 e. The number of ether oxygens (including phenoxy) is 1. The van der Waals surface area contributed by atoms with Gasteiger partial charge in [0, 0.05) is 25.4 Å². The number of hydrogen-bond acceptors (Lipinski definition) is 3. The molecule has 0 fully saturated rings. The number of halogens is 3. The number of hydrogen-bond donors (Lipinski definition) is 1. The van der Waals surface area contributed by atoms with Gasteiger partial charge in [0.05, 0.1) is 5.69 Å². The minimum absolute atomic E-state index is 0.0159. The zero-order valence-corrected chi connectivity index (χ0v) is 10.3. The van der Waals surface area contributed by atoms with Crippen LogP contribution < -0.4 is 5.73 Å². The summed E-state index contributed by atoms with van der Waals surface area (Å²) in [6.07, 6.45) is -1.38. The second-order valence-corrected chi connectivity index (χ2v) is 4.04. The predicted octanol–water partition coefficient (Wildman–Crippen LogP) is 2.26. The Balaban J connectivity index is 2.36. The molecular weight excluding hydrogens is 247 g/mol. The number of aryl methyl sites for hydroxylation is 1. The number of rotatable bonds is 7. The van der Waals surface area contributed by atoms with Crippen LogP contribution in [-0.4, -0.2) is 29.2 Å².